The average molecular weight is 239 g/mol. The van der Waals surface area contributed by atoms with Gasteiger partial charge in [0.25, 0.3) is 0 Å². The van der Waals surface area contributed by atoms with Crippen LogP contribution in [0.2, 0.25) is 0 Å². The molecule has 94 valence electrons. The van der Waals surface area contributed by atoms with Crippen molar-refractivity contribution in [2.75, 3.05) is 39.6 Å². The molecule has 0 aromatic carbocycles. The minimum atomic E-state index is -0.123. The number of anilines is 1. The Morgan fingerprint density at radius 3 is 2.53 bits per heavy atom. The van der Waals surface area contributed by atoms with Gasteiger partial charge in [-0.3, -0.25) is 0 Å². The number of carbonyl (C=O) groups is 1. The quantitative estimate of drug-likeness (QED) is 0.716. The fourth-order valence-corrected chi connectivity index (χ4v) is 1.01. The summed E-state index contributed by atoms with van der Waals surface area (Å²) in [4.78, 5) is 20.7. The Hall–Kier alpha value is -2.05. The Kier molecular flexibility index (Phi) is 4.99. The van der Waals surface area contributed by atoms with Gasteiger partial charge in [-0.15, -0.1) is 0 Å². The van der Waals surface area contributed by atoms with Crippen LogP contribution in [0.5, 0.6) is 5.75 Å². The second-order valence-electron chi connectivity index (χ2n) is 3.50. The third kappa shape index (κ3) is 4.54. The summed E-state index contributed by atoms with van der Waals surface area (Å²) in [6, 6.07) is -0.123. The first-order chi connectivity index (χ1) is 8.13. The van der Waals surface area contributed by atoms with Gasteiger partial charge in [0, 0.05) is 27.2 Å². The van der Waals surface area contributed by atoms with E-state index in [9.17, 15) is 4.79 Å². The summed E-state index contributed by atoms with van der Waals surface area (Å²) in [6.07, 6.45) is 3.15. The number of hydrogen-bond donors (Lipinski definition) is 2. The van der Waals surface area contributed by atoms with Gasteiger partial charge in [-0.2, -0.15) is 0 Å². The molecule has 0 atom stereocenters. The lowest BCUT2D eigenvalue weighted by Crippen LogP contribution is -2.37. The molecular formula is C10H17N5O2. The standard InChI is InChI=1S/C10H17N5O2/c1-15(2)10(16)12-5-4-11-9-13-6-8(17-3)7-14-9/h6-7H,4-5H2,1-3H3,(H,12,16)(H,11,13,14). The fourth-order valence-electron chi connectivity index (χ4n) is 1.01. The maximum absolute atomic E-state index is 11.2. The molecule has 1 aromatic heterocycles. The number of methoxy groups -OCH3 is 1. The number of aromatic nitrogens is 2. The number of rotatable bonds is 5. The Labute approximate surface area is 100 Å². The Morgan fingerprint density at radius 1 is 1.35 bits per heavy atom. The summed E-state index contributed by atoms with van der Waals surface area (Å²) >= 11 is 0. The first-order valence-corrected chi connectivity index (χ1v) is 5.18. The number of nitrogens with zero attached hydrogens (tertiary/aromatic N) is 3. The first kappa shape index (κ1) is 13.0. The fraction of sp³-hybridized carbons (Fsp3) is 0.500. The molecule has 7 nitrogen and oxygen atoms in total. The zero-order chi connectivity index (χ0) is 12.7. The van der Waals surface area contributed by atoms with Gasteiger partial charge in [0.1, 0.15) is 0 Å². The van der Waals surface area contributed by atoms with Crippen LogP contribution < -0.4 is 15.4 Å². The molecule has 0 aliphatic heterocycles. The van der Waals surface area contributed by atoms with Crippen LogP contribution in [0, 0.1) is 0 Å². The van der Waals surface area contributed by atoms with Crippen LogP contribution in [0.1, 0.15) is 0 Å². The number of hydrogen-bond acceptors (Lipinski definition) is 5. The summed E-state index contributed by atoms with van der Waals surface area (Å²) in [5.74, 6) is 1.11. The predicted molar refractivity (Wildman–Crippen MR) is 64.2 cm³/mol. The normalized spacial score (nSPS) is 9.59. The van der Waals surface area contributed by atoms with Crippen molar-refractivity contribution in [2.45, 2.75) is 0 Å². The highest BCUT2D eigenvalue weighted by Crippen LogP contribution is 2.06. The lowest BCUT2D eigenvalue weighted by Gasteiger charge is -2.12. The third-order valence-corrected chi connectivity index (χ3v) is 1.95. The van der Waals surface area contributed by atoms with Crippen LogP contribution in [0.15, 0.2) is 12.4 Å². The topological polar surface area (TPSA) is 79.4 Å². The Bertz CT molecular complexity index is 352. The van der Waals surface area contributed by atoms with Crippen molar-refractivity contribution in [2.24, 2.45) is 0 Å². The smallest absolute Gasteiger partial charge is 0.316 e. The van der Waals surface area contributed by atoms with E-state index < -0.39 is 0 Å². The van der Waals surface area contributed by atoms with Gasteiger partial charge in [0.15, 0.2) is 5.75 Å². The van der Waals surface area contributed by atoms with Crippen molar-refractivity contribution in [3.05, 3.63) is 12.4 Å². The van der Waals surface area contributed by atoms with Gasteiger partial charge in [-0.1, -0.05) is 0 Å². The van der Waals surface area contributed by atoms with E-state index >= 15 is 0 Å². The van der Waals surface area contributed by atoms with Crippen LogP contribution in [-0.2, 0) is 0 Å². The average Bonchev–Trinajstić information content (AvgIpc) is 2.35. The van der Waals surface area contributed by atoms with E-state index in [0.717, 1.165) is 0 Å². The van der Waals surface area contributed by atoms with E-state index in [1.807, 2.05) is 0 Å². The molecule has 1 aromatic rings. The highest BCUT2D eigenvalue weighted by Gasteiger charge is 2.01. The van der Waals surface area contributed by atoms with Gasteiger partial charge in [-0.25, -0.2) is 14.8 Å². The van der Waals surface area contributed by atoms with E-state index in [2.05, 4.69) is 20.6 Å². The number of ether oxygens (including phenoxy) is 1. The van der Waals surface area contributed by atoms with Crippen molar-refractivity contribution >= 4 is 12.0 Å². The van der Waals surface area contributed by atoms with Crippen LogP contribution in [0.3, 0.4) is 0 Å². The maximum atomic E-state index is 11.2. The van der Waals surface area contributed by atoms with E-state index in [-0.39, 0.29) is 6.03 Å². The molecule has 0 unspecified atom stereocenters. The van der Waals surface area contributed by atoms with Crippen molar-refractivity contribution in [1.29, 1.82) is 0 Å². The minimum absolute atomic E-state index is 0.123. The van der Waals surface area contributed by atoms with Gasteiger partial charge >= 0.3 is 6.03 Å². The molecule has 0 fully saturated rings. The second kappa shape index (κ2) is 6.51. The van der Waals surface area contributed by atoms with Gasteiger partial charge < -0.3 is 20.3 Å². The summed E-state index contributed by atoms with van der Waals surface area (Å²) in [5, 5.41) is 5.70. The molecule has 7 heteroatoms. The predicted octanol–water partition coefficient (Wildman–Crippen LogP) is 0.168. The van der Waals surface area contributed by atoms with Gasteiger partial charge in [0.2, 0.25) is 5.95 Å². The Morgan fingerprint density at radius 2 is 2.00 bits per heavy atom. The molecule has 0 aliphatic carbocycles. The number of urea groups is 1. The van der Waals surface area contributed by atoms with Crippen molar-refractivity contribution in [3.8, 4) is 5.75 Å². The molecular weight excluding hydrogens is 222 g/mol. The van der Waals surface area contributed by atoms with E-state index in [1.165, 1.54) is 4.90 Å². The molecule has 2 N–H and O–H groups in total. The monoisotopic (exact) mass is 239 g/mol. The van der Waals surface area contributed by atoms with E-state index in [4.69, 9.17) is 4.74 Å². The molecule has 0 radical (unpaired) electrons. The lowest BCUT2D eigenvalue weighted by atomic mass is 10.6. The largest absolute Gasteiger partial charge is 0.494 e. The Balaban J connectivity index is 2.24. The van der Waals surface area contributed by atoms with Crippen LogP contribution >= 0.6 is 0 Å². The van der Waals surface area contributed by atoms with Gasteiger partial charge in [-0.05, 0) is 0 Å². The molecule has 17 heavy (non-hydrogen) atoms. The third-order valence-electron chi connectivity index (χ3n) is 1.95. The van der Waals surface area contributed by atoms with Crippen LogP contribution in [0.4, 0.5) is 10.7 Å². The molecule has 0 spiro atoms. The number of amides is 2. The van der Waals surface area contributed by atoms with Crippen molar-refractivity contribution < 1.29 is 9.53 Å². The summed E-state index contributed by atoms with van der Waals surface area (Å²) < 4.78 is 4.94. The molecule has 2 amide bonds. The molecule has 0 bridgehead atoms. The number of carbonyl (C=O) groups excluding carboxylic acids is 1. The highest BCUT2D eigenvalue weighted by atomic mass is 16.5. The van der Waals surface area contributed by atoms with Crippen LogP contribution in [-0.4, -0.2) is 55.2 Å². The zero-order valence-electron chi connectivity index (χ0n) is 10.2. The van der Waals surface area contributed by atoms with Gasteiger partial charge in [0.05, 0.1) is 19.5 Å². The van der Waals surface area contributed by atoms with Crippen molar-refractivity contribution in [1.82, 2.24) is 20.2 Å². The first-order valence-electron chi connectivity index (χ1n) is 5.18. The highest BCUT2D eigenvalue weighted by molar-refractivity contribution is 5.73. The summed E-state index contributed by atoms with van der Waals surface area (Å²) in [6.45, 7) is 1.07. The number of nitrogens with one attached hydrogen (secondary N) is 2. The second-order valence-corrected chi connectivity index (χ2v) is 3.50. The minimum Gasteiger partial charge on any atom is -0.494 e. The zero-order valence-corrected chi connectivity index (χ0v) is 10.2. The molecule has 0 saturated heterocycles. The van der Waals surface area contributed by atoms with E-state index in [0.29, 0.717) is 24.8 Å². The SMILES string of the molecule is COc1cnc(NCCNC(=O)N(C)C)nc1. The van der Waals surface area contributed by atoms with Crippen molar-refractivity contribution in [3.63, 3.8) is 0 Å². The molecule has 0 aliphatic rings. The summed E-state index contributed by atoms with van der Waals surface area (Å²) in [5.41, 5.74) is 0. The molecule has 1 heterocycles. The maximum Gasteiger partial charge on any atom is 0.316 e. The lowest BCUT2D eigenvalue weighted by molar-refractivity contribution is 0.218. The van der Waals surface area contributed by atoms with E-state index in [1.54, 1.807) is 33.6 Å². The molecule has 1 rings (SSSR count). The van der Waals surface area contributed by atoms with Crippen LogP contribution in [0.25, 0.3) is 0 Å². The molecule has 0 saturated carbocycles. The summed E-state index contributed by atoms with van der Waals surface area (Å²) in [7, 11) is 4.94.